The van der Waals surface area contributed by atoms with Crippen LogP contribution in [0.3, 0.4) is 0 Å². The predicted molar refractivity (Wildman–Crippen MR) is 72.7 cm³/mol. The normalized spacial score (nSPS) is 11.8. The maximum Gasteiger partial charge on any atom is 0.253 e. The van der Waals surface area contributed by atoms with Crippen molar-refractivity contribution in [2.75, 3.05) is 23.7 Å². The zero-order chi connectivity index (χ0) is 13.1. The lowest BCUT2D eigenvalue weighted by Crippen LogP contribution is -2.37. The van der Waals surface area contributed by atoms with E-state index in [4.69, 9.17) is 0 Å². The fourth-order valence-electron chi connectivity index (χ4n) is 1.74. The summed E-state index contributed by atoms with van der Waals surface area (Å²) in [6.07, 6.45) is 2.08. The van der Waals surface area contributed by atoms with Crippen LogP contribution in [0.1, 0.15) is 40.5 Å². The maximum absolute atomic E-state index is 11.3. The highest BCUT2D eigenvalue weighted by atomic mass is 16.2. The molecule has 0 heterocycles. The first-order valence-electron chi connectivity index (χ1n) is 6.18. The van der Waals surface area contributed by atoms with Crippen LogP contribution >= 0.6 is 0 Å². The zero-order valence-corrected chi connectivity index (χ0v) is 11.1. The van der Waals surface area contributed by atoms with Gasteiger partial charge in [0.2, 0.25) is 0 Å². The molecule has 0 unspecified atom stereocenters. The summed E-state index contributed by atoms with van der Waals surface area (Å²) >= 11 is 0. The molecule has 1 rings (SSSR count). The number of hydrogen-bond donors (Lipinski definition) is 2. The molecule has 0 saturated carbocycles. The highest BCUT2D eigenvalue weighted by Gasteiger charge is 2.19. The second-order valence-electron chi connectivity index (χ2n) is 5.53. The average molecular weight is 238 g/mol. The topological polar surface area (TPSA) is 58.2 Å². The summed E-state index contributed by atoms with van der Waals surface area (Å²) in [5, 5.41) is 5.97. The van der Waals surface area contributed by atoms with Gasteiger partial charge in [-0.2, -0.15) is 0 Å². The number of anilines is 2. The largest absolute Gasteiger partial charge is 0.380 e. The Kier molecular flexibility index (Phi) is 4.32. The molecule has 0 saturated heterocycles. The SMILES string of the molecule is CCNc1c(NCCCC(C)(C)C)c(=O)c1=O. The van der Waals surface area contributed by atoms with E-state index in [-0.39, 0.29) is 0 Å². The molecule has 0 spiro atoms. The quantitative estimate of drug-likeness (QED) is 0.587. The van der Waals surface area contributed by atoms with Crippen LogP contribution in [0, 0.1) is 5.41 Å². The van der Waals surface area contributed by atoms with Crippen molar-refractivity contribution in [2.45, 2.75) is 40.5 Å². The Balaban J connectivity index is 2.45. The second kappa shape index (κ2) is 5.34. The van der Waals surface area contributed by atoms with Crippen LogP contribution in [0.15, 0.2) is 9.59 Å². The summed E-state index contributed by atoms with van der Waals surface area (Å²) in [6, 6.07) is 0. The fourth-order valence-corrected chi connectivity index (χ4v) is 1.74. The molecule has 2 N–H and O–H groups in total. The molecule has 0 amide bonds. The van der Waals surface area contributed by atoms with Crippen LogP contribution in [-0.2, 0) is 0 Å². The van der Waals surface area contributed by atoms with Gasteiger partial charge in [-0.1, -0.05) is 20.8 Å². The van der Waals surface area contributed by atoms with Gasteiger partial charge in [-0.3, -0.25) is 9.59 Å². The van der Waals surface area contributed by atoms with Crippen molar-refractivity contribution in [2.24, 2.45) is 5.41 Å². The molecule has 4 nitrogen and oxygen atoms in total. The number of rotatable bonds is 6. The maximum atomic E-state index is 11.3. The summed E-state index contributed by atoms with van der Waals surface area (Å²) in [7, 11) is 0. The van der Waals surface area contributed by atoms with Gasteiger partial charge in [0.1, 0.15) is 11.4 Å². The molecule has 0 aliphatic heterocycles. The van der Waals surface area contributed by atoms with E-state index in [1.165, 1.54) is 0 Å². The van der Waals surface area contributed by atoms with E-state index in [1.54, 1.807) is 0 Å². The second-order valence-corrected chi connectivity index (χ2v) is 5.53. The molecule has 96 valence electrons. The highest BCUT2D eigenvalue weighted by Crippen LogP contribution is 2.21. The minimum Gasteiger partial charge on any atom is -0.380 e. The minimum absolute atomic E-state index is 0.306. The van der Waals surface area contributed by atoms with Crippen LogP contribution in [0.5, 0.6) is 0 Å². The van der Waals surface area contributed by atoms with Gasteiger partial charge in [0, 0.05) is 13.1 Å². The molecule has 0 aliphatic rings. The van der Waals surface area contributed by atoms with Gasteiger partial charge < -0.3 is 10.6 Å². The molecule has 4 heteroatoms. The Morgan fingerprint density at radius 3 is 2.00 bits per heavy atom. The molecule has 1 aromatic carbocycles. The third-order valence-electron chi connectivity index (χ3n) is 2.67. The molecule has 0 aromatic heterocycles. The van der Waals surface area contributed by atoms with Crippen molar-refractivity contribution in [3.05, 3.63) is 20.4 Å². The molecule has 0 bridgehead atoms. The minimum atomic E-state index is -0.398. The third-order valence-corrected chi connectivity index (χ3v) is 2.67. The third kappa shape index (κ3) is 3.58. The van der Waals surface area contributed by atoms with E-state index in [2.05, 4.69) is 31.4 Å². The van der Waals surface area contributed by atoms with E-state index < -0.39 is 10.9 Å². The highest BCUT2D eigenvalue weighted by molar-refractivity contribution is 5.73. The summed E-state index contributed by atoms with van der Waals surface area (Å²) in [6.45, 7) is 9.86. The Labute approximate surface area is 102 Å². The molecule has 0 fully saturated rings. The smallest absolute Gasteiger partial charge is 0.253 e. The van der Waals surface area contributed by atoms with Crippen molar-refractivity contribution >= 4 is 11.4 Å². The molecule has 1 aromatic rings. The summed E-state index contributed by atoms with van der Waals surface area (Å²) in [5.41, 5.74) is 0.431. The van der Waals surface area contributed by atoms with Crippen molar-refractivity contribution in [3.8, 4) is 0 Å². The first-order valence-corrected chi connectivity index (χ1v) is 6.18. The van der Waals surface area contributed by atoms with Crippen LogP contribution in [0.25, 0.3) is 0 Å². The summed E-state index contributed by atoms with van der Waals surface area (Å²) in [5.74, 6) is 0. The van der Waals surface area contributed by atoms with Gasteiger partial charge >= 0.3 is 0 Å². The van der Waals surface area contributed by atoms with E-state index >= 15 is 0 Å². The molecular weight excluding hydrogens is 216 g/mol. The first-order chi connectivity index (χ1) is 7.87. The average Bonchev–Trinajstić information content (AvgIpc) is 2.25. The lowest BCUT2D eigenvalue weighted by atomic mass is 9.90. The number of nitrogens with one attached hydrogen (secondary N) is 2. The molecule has 0 radical (unpaired) electrons. The van der Waals surface area contributed by atoms with Gasteiger partial charge in [0.25, 0.3) is 10.9 Å². The van der Waals surface area contributed by atoms with Crippen molar-refractivity contribution in [3.63, 3.8) is 0 Å². The molecule has 17 heavy (non-hydrogen) atoms. The van der Waals surface area contributed by atoms with Crippen LogP contribution in [0.2, 0.25) is 0 Å². The fraction of sp³-hybridized carbons (Fsp3) is 0.692. The summed E-state index contributed by atoms with van der Waals surface area (Å²) in [4.78, 5) is 22.6. The van der Waals surface area contributed by atoms with E-state index in [0.717, 1.165) is 19.4 Å². The Morgan fingerprint density at radius 2 is 1.53 bits per heavy atom. The van der Waals surface area contributed by atoms with Gasteiger partial charge in [-0.25, -0.2) is 0 Å². The van der Waals surface area contributed by atoms with Gasteiger partial charge in [0.15, 0.2) is 0 Å². The predicted octanol–water partition coefficient (Wildman–Crippen LogP) is 1.95. The van der Waals surface area contributed by atoms with E-state index in [9.17, 15) is 9.59 Å². The van der Waals surface area contributed by atoms with Crippen molar-refractivity contribution in [1.82, 2.24) is 0 Å². The van der Waals surface area contributed by atoms with E-state index in [1.807, 2.05) is 6.92 Å². The molecule has 0 aliphatic carbocycles. The Hall–Kier alpha value is -1.32. The monoisotopic (exact) mass is 238 g/mol. The van der Waals surface area contributed by atoms with Crippen molar-refractivity contribution < 1.29 is 0 Å². The first kappa shape index (κ1) is 13.7. The lowest BCUT2D eigenvalue weighted by molar-refractivity contribution is 0.370. The standard InChI is InChI=1S/C13H22N2O2/c1-5-14-9-10(12(17)11(9)16)15-8-6-7-13(2,3)4/h14-15H,5-8H2,1-4H3. The van der Waals surface area contributed by atoms with Crippen LogP contribution < -0.4 is 21.5 Å². The number of hydrogen-bond acceptors (Lipinski definition) is 4. The zero-order valence-electron chi connectivity index (χ0n) is 11.1. The molecular formula is C13H22N2O2. The lowest BCUT2D eigenvalue weighted by Gasteiger charge is -2.19. The van der Waals surface area contributed by atoms with Crippen LogP contribution in [0.4, 0.5) is 11.4 Å². The van der Waals surface area contributed by atoms with Crippen LogP contribution in [-0.4, -0.2) is 13.1 Å². The van der Waals surface area contributed by atoms with Gasteiger partial charge in [-0.05, 0) is 25.2 Å². The molecule has 0 atom stereocenters. The van der Waals surface area contributed by atoms with Gasteiger partial charge in [0.05, 0.1) is 0 Å². The summed E-state index contributed by atoms with van der Waals surface area (Å²) < 4.78 is 0. The Bertz CT molecular complexity index is 437. The van der Waals surface area contributed by atoms with E-state index in [0.29, 0.717) is 23.3 Å². The Morgan fingerprint density at radius 1 is 1.00 bits per heavy atom. The van der Waals surface area contributed by atoms with Gasteiger partial charge in [-0.15, -0.1) is 0 Å². The van der Waals surface area contributed by atoms with Crippen molar-refractivity contribution in [1.29, 1.82) is 0 Å².